The average Bonchev–Trinajstić information content (AvgIpc) is 2.84. The van der Waals surface area contributed by atoms with Crippen LogP contribution in [-0.4, -0.2) is 12.1 Å². The summed E-state index contributed by atoms with van der Waals surface area (Å²) in [5.41, 5.74) is 3.94. The number of hydrogen-bond acceptors (Lipinski definition) is 3. The molecule has 1 heterocycles. The largest absolute Gasteiger partial charge is 0.492 e. The number of fused-ring (bicyclic) bond motifs is 1. The van der Waals surface area contributed by atoms with Crippen molar-refractivity contribution < 1.29 is 14.4 Å². The Morgan fingerprint density at radius 3 is 2.77 bits per heavy atom. The normalized spacial score (nSPS) is 13.0. The maximum absolute atomic E-state index is 9.77. The van der Waals surface area contributed by atoms with E-state index < -0.39 is 7.12 Å². The highest BCUT2D eigenvalue weighted by Crippen LogP contribution is 2.35. The van der Waals surface area contributed by atoms with Gasteiger partial charge in [-0.05, 0) is 60.3 Å². The van der Waals surface area contributed by atoms with Gasteiger partial charge in [0.15, 0.2) is 5.69 Å². The van der Waals surface area contributed by atoms with E-state index in [4.69, 9.17) is 27.6 Å². The van der Waals surface area contributed by atoms with Gasteiger partial charge in [-0.1, -0.05) is 11.6 Å². The van der Waals surface area contributed by atoms with Crippen molar-refractivity contribution in [1.82, 2.24) is 0 Å². The zero-order chi connectivity index (χ0) is 15.9. The number of ether oxygens (including phenoxy) is 1. The molecule has 0 aliphatic carbocycles. The van der Waals surface area contributed by atoms with E-state index in [1.54, 1.807) is 12.1 Å². The fraction of sp³-hybridized carbons (Fsp3) is 0.188. The third kappa shape index (κ3) is 2.57. The topological polar surface area (TPSA) is 43.0 Å². The van der Waals surface area contributed by atoms with Gasteiger partial charge >= 0.3 is 7.12 Å². The van der Waals surface area contributed by atoms with Crippen molar-refractivity contribution in [3.8, 4) is 11.5 Å². The van der Waals surface area contributed by atoms with Crippen LogP contribution in [0, 0.1) is 20.4 Å². The number of halogens is 1. The molecule has 0 amide bonds. The van der Waals surface area contributed by atoms with Crippen molar-refractivity contribution in [2.45, 2.75) is 20.5 Å². The second kappa shape index (κ2) is 5.66. The second-order valence-corrected chi connectivity index (χ2v) is 5.67. The smallest absolute Gasteiger partial charge is 0.456 e. The molecule has 2 aromatic carbocycles. The number of rotatable bonds is 2. The van der Waals surface area contributed by atoms with Crippen molar-refractivity contribution >= 4 is 29.9 Å². The Balaban J connectivity index is 1.97. The summed E-state index contributed by atoms with van der Waals surface area (Å²) in [4.78, 5) is 3.41. The maximum atomic E-state index is 9.77. The molecule has 0 saturated carbocycles. The van der Waals surface area contributed by atoms with E-state index in [2.05, 4.69) is 4.85 Å². The Kier molecular flexibility index (Phi) is 3.84. The van der Waals surface area contributed by atoms with Crippen LogP contribution in [0.3, 0.4) is 0 Å². The minimum Gasteiger partial charge on any atom is -0.456 e. The Hall–Kier alpha value is -2.00. The van der Waals surface area contributed by atoms with E-state index in [-0.39, 0.29) is 0 Å². The zero-order valence-electron chi connectivity index (χ0n) is 12.2. The summed E-state index contributed by atoms with van der Waals surface area (Å²) in [6, 6.07) is 7.04. The molecule has 0 aromatic heterocycles. The molecule has 0 fully saturated rings. The van der Waals surface area contributed by atoms with Crippen LogP contribution in [-0.2, 0) is 11.3 Å². The molecule has 110 valence electrons. The van der Waals surface area contributed by atoms with Crippen molar-refractivity contribution in [3.05, 3.63) is 57.4 Å². The zero-order valence-corrected chi connectivity index (χ0v) is 12.9. The van der Waals surface area contributed by atoms with Crippen LogP contribution in [0.2, 0.25) is 5.02 Å². The first-order chi connectivity index (χ1) is 10.5. The predicted octanol–water partition coefficient (Wildman–Crippen LogP) is 3.52. The third-order valence-electron chi connectivity index (χ3n) is 3.69. The fourth-order valence-corrected chi connectivity index (χ4v) is 2.79. The van der Waals surface area contributed by atoms with E-state index in [1.165, 1.54) is 0 Å². The highest BCUT2D eigenvalue weighted by Gasteiger charge is 2.29. The number of aryl methyl sites for hydroxylation is 2. The quantitative estimate of drug-likeness (QED) is 0.681. The van der Waals surface area contributed by atoms with Crippen molar-refractivity contribution in [1.29, 1.82) is 0 Å². The molecule has 0 bridgehead atoms. The molecule has 4 nitrogen and oxygen atoms in total. The Morgan fingerprint density at radius 1 is 1.27 bits per heavy atom. The van der Waals surface area contributed by atoms with Gasteiger partial charge in [0, 0.05) is 0 Å². The van der Waals surface area contributed by atoms with Gasteiger partial charge in [0.2, 0.25) is 0 Å². The van der Waals surface area contributed by atoms with Gasteiger partial charge in [0.25, 0.3) is 0 Å². The van der Waals surface area contributed by atoms with Crippen LogP contribution < -0.4 is 10.2 Å². The monoisotopic (exact) mass is 313 g/mol. The van der Waals surface area contributed by atoms with E-state index in [0.717, 1.165) is 22.2 Å². The lowest BCUT2D eigenvalue weighted by molar-refractivity contribution is 0.275. The van der Waals surface area contributed by atoms with Crippen LogP contribution in [0.1, 0.15) is 16.7 Å². The summed E-state index contributed by atoms with van der Waals surface area (Å²) in [5, 5.41) is 10.2. The summed E-state index contributed by atoms with van der Waals surface area (Å²) in [6.45, 7) is 11.2. The highest BCUT2D eigenvalue weighted by molar-refractivity contribution is 6.62. The number of benzene rings is 2. The van der Waals surface area contributed by atoms with Crippen molar-refractivity contribution in [3.63, 3.8) is 0 Å². The van der Waals surface area contributed by atoms with Gasteiger partial charge in [0.05, 0.1) is 18.2 Å². The molecular formula is C16H13BClNO3. The molecule has 0 atom stereocenters. The van der Waals surface area contributed by atoms with Crippen molar-refractivity contribution in [2.75, 3.05) is 0 Å². The van der Waals surface area contributed by atoms with Gasteiger partial charge < -0.3 is 14.4 Å². The molecule has 2 aromatic rings. The lowest BCUT2D eigenvalue weighted by Crippen LogP contribution is -2.30. The summed E-state index contributed by atoms with van der Waals surface area (Å²) in [6.07, 6.45) is 0. The van der Waals surface area contributed by atoms with E-state index >= 15 is 0 Å². The van der Waals surface area contributed by atoms with Crippen molar-refractivity contribution in [2.24, 2.45) is 0 Å². The molecule has 0 spiro atoms. The molecular weight excluding hydrogens is 300 g/mol. The van der Waals surface area contributed by atoms with Crippen LogP contribution in [0.25, 0.3) is 4.85 Å². The lowest BCUT2D eigenvalue weighted by Gasteiger charge is -2.12. The number of nitrogens with zero attached hydrogens (tertiary/aromatic N) is 1. The molecule has 0 saturated heterocycles. The van der Waals surface area contributed by atoms with Gasteiger partial charge in [-0.25, -0.2) is 4.85 Å². The maximum Gasteiger partial charge on any atom is 0.492 e. The first-order valence-corrected chi connectivity index (χ1v) is 7.16. The summed E-state index contributed by atoms with van der Waals surface area (Å²) >= 11 is 6.18. The van der Waals surface area contributed by atoms with E-state index in [9.17, 15) is 5.02 Å². The Morgan fingerprint density at radius 2 is 2.05 bits per heavy atom. The first kappa shape index (κ1) is 14.9. The van der Waals surface area contributed by atoms with E-state index in [0.29, 0.717) is 28.8 Å². The van der Waals surface area contributed by atoms with Crippen LogP contribution >= 0.6 is 11.6 Å². The van der Waals surface area contributed by atoms with Gasteiger partial charge in [0.1, 0.15) is 11.5 Å². The first-order valence-electron chi connectivity index (χ1n) is 6.78. The molecule has 6 heteroatoms. The number of hydrogen-bond donors (Lipinski definition) is 1. The van der Waals surface area contributed by atoms with Gasteiger partial charge in [-0.15, -0.1) is 0 Å². The SMILES string of the molecule is [C-]#[N+]c1cc(Cl)c(Oc2cc(C)c3c(c2)COB3O)cc1C. The summed E-state index contributed by atoms with van der Waals surface area (Å²) in [5.74, 6) is 1.14. The third-order valence-corrected chi connectivity index (χ3v) is 3.98. The summed E-state index contributed by atoms with van der Waals surface area (Å²) in [7, 11) is -0.868. The molecule has 1 aliphatic rings. The Bertz CT molecular complexity index is 801. The average molecular weight is 314 g/mol. The molecule has 0 unspecified atom stereocenters. The molecule has 3 rings (SSSR count). The standard InChI is InChI=1S/C16H13BClNO3/c1-9-5-15(13(18)7-14(9)19-3)22-12-4-10(2)16-11(6-12)8-21-17(16)20/h4-7,20H,8H2,1-2H3. The van der Waals surface area contributed by atoms with Gasteiger partial charge in [-0.3, -0.25) is 0 Å². The lowest BCUT2D eigenvalue weighted by atomic mass is 9.76. The molecule has 1 aliphatic heterocycles. The minimum atomic E-state index is -0.868. The van der Waals surface area contributed by atoms with Crippen LogP contribution in [0.4, 0.5) is 5.69 Å². The van der Waals surface area contributed by atoms with Crippen LogP contribution in [0.15, 0.2) is 24.3 Å². The Labute approximate surface area is 134 Å². The molecule has 0 radical (unpaired) electrons. The van der Waals surface area contributed by atoms with Gasteiger partial charge in [-0.2, -0.15) is 0 Å². The summed E-state index contributed by atoms with van der Waals surface area (Å²) < 4.78 is 11.1. The molecule has 22 heavy (non-hydrogen) atoms. The fourth-order valence-electron chi connectivity index (χ4n) is 2.59. The highest BCUT2D eigenvalue weighted by atomic mass is 35.5. The predicted molar refractivity (Wildman–Crippen MR) is 86.1 cm³/mol. The van der Waals surface area contributed by atoms with Crippen LogP contribution in [0.5, 0.6) is 11.5 Å². The van der Waals surface area contributed by atoms with E-state index in [1.807, 2.05) is 26.0 Å². The minimum absolute atomic E-state index is 0.359. The second-order valence-electron chi connectivity index (χ2n) is 5.26. The molecule has 1 N–H and O–H groups in total.